The third kappa shape index (κ3) is 7.56. The first kappa shape index (κ1) is 34.0. The SMILES string of the molecule is CC(=O)O[C@H]1CCC[C@]2(C)[C@@H]([C@@H](C)CC[C@H](O[Si](C)(C)C(C)(C)C)C(C)(C)O[Si](C)(C)C(C)(C)C)CC[C@@H]12. The summed E-state index contributed by atoms with van der Waals surface area (Å²) in [6.07, 6.45) is 8.25. The molecule has 0 unspecified atom stereocenters. The second-order valence-corrected chi connectivity index (χ2v) is 26.2. The molecular weight excluding hydrogens is 505 g/mol. The van der Waals surface area contributed by atoms with Gasteiger partial charge >= 0.3 is 5.97 Å². The van der Waals surface area contributed by atoms with E-state index in [4.69, 9.17) is 13.6 Å². The summed E-state index contributed by atoms with van der Waals surface area (Å²) in [5, 5.41) is 0.315. The van der Waals surface area contributed by atoms with E-state index in [0.29, 0.717) is 17.8 Å². The number of rotatable bonds is 10. The lowest BCUT2D eigenvalue weighted by Gasteiger charge is -2.49. The summed E-state index contributed by atoms with van der Waals surface area (Å²) < 4.78 is 20.2. The van der Waals surface area contributed by atoms with Crippen LogP contribution >= 0.6 is 0 Å². The van der Waals surface area contributed by atoms with Crippen LogP contribution in [0.3, 0.4) is 0 Å². The van der Waals surface area contributed by atoms with Gasteiger partial charge in [0.05, 0.1) is 11.7 Å². The van der Waals surface area contributed by atoms with Crippen LogP contribution < -0.4 is 0 Å². The molecule has 0 N–H and O–H groups in total. The molecule has 0 aromatic carbocycles. The second kappa shape index (κ2) is 11.6. The van der Waals surface area contributed by atoms with E-state index < -0.39 is 16.6 Å². The summed E-state index contributed by atoms with van der Waals surface area (Å²) in [6.45, 7) is 34.6. The van der Waals surface area contributed by atoms with Crippen LogP contribution in [-0.4, -0.2) is 40.4 Å². The predicted octanol–water partition coefficient (Wildman–Crippen LogP) is 9.74. The Morgan fingerprint density at radius 3 is 1.95 bits per heavy atom. The van der Waals surface area contributed by atoms with Crippen molar-refractivity contribution in [3.8, 4) is 0 Å². The number of carbonyl (C=O) groups excluding carboxylic acids is 1. The third-order valence-corrected chi connectivity index (χ3v) is 20.5. The Hall–Kier alpha value is -0.176. The molecule has 6 heteroatoms. The van der Waals surface area contributed by atoms with Gasteiger partial charge in [0.15, 0.2) is 16.6 Å². The van der Waals surface area contributed by atoms with Gasteiger partial charge in [-0.25, -0.2) is 0 Å². The minimum Gasteiger partial charge on any atom is -0.462 e. The van der Waals surface area contributed by atoms with Gasteiger partial charge < -0.3 is 13.6 Å². The van der Waals surface area contributed by atoms with Crippen molar-refractivity contribution in [1.82, 2.24) is 0 Å². The van der Waals surface area contributed by atoms with Crippen molar-refractivity contribution < 1.29 is 18.4 Å². The molecule has 2 aliphatic carbocycles. The summed E-state index contributed by atoms with van der Waals surface area (Å²) >= 11 is 0. The molecule has 2 saturated carbocycles. The quantitative estimate of drug-likeness (QED) is 0.194. The van der Waals surface area contributed by atoms with Crippen molar-refractivity contribution >= 4 is 22.6 Å². The third-order valence-electron chi connectivity index (χ3n) is 11.4. The van der Waals surface area contributed by atoms with Crippen LogP contribution in [0.5, 0.6) is 0 Å². The van der Waals surface area contributed by atoms with Crippen molar-refractivity contribution in [2.45, 2.75) is 175 Å². The maximum absolute atomic E-state index is 11.8. The van der Waals surface area contributed by atoms with E-state index >= 15 is 0 Å². The standard InChI is InChI=1S/C32H64O4Si2/c1-23(25-19-20-26-27(34-24(2)33)17-16-22-32(25,26)11)18-21-28(35-37(12,13)29(3,4)5)31(9,10)36-38(14,15)30(6,7)8/h23,25-28H,16-22H2,1-15H3/t23-,25+,26-,27-,28-,32+/m0/s1. The molecule has 0 saturated heterocycles. The molecule has 2 aliphatic rings. The van der Waals surface area contributed by atoms with Crippen LogP contribution in [0.2, 0.25) is 36.3 Å². The zero-order valence-electron chi connectivity index (χ0n) is 28.0. The fourth-order valence-corrected chi connectivity index (χ4v) is 10.2. The number of ether oxygens (including phenoxy) is 1. The van der Waals surface area contributed by atoms with Gasteiger partial charge in [0.25, 0.3) is 0 Å². The zero-order valence-corrected chi connectivity index (χ0v) is 30.0. The van der Waals surface area contributed by atoms with E-state index in [2.05, 4.69) is 95.4 Å². The summed E-state index contributed by atoms with van der Waals surface area (Å²) in [5.41, 5.74) is -0.0770. The highest BCUT2D eigenvalue weighted by molar-refractivity contribution is 6.74. The minimum atomic E-state index is -1.98. The Morgan fingerprint density at radius 2 is 1.45 bits per heavy atom. The van der Waals surface area contributed by atoms with Crippen LogP contribution in [0.4, 0.5) is 0 Å². The van der Waals surface area contributed by atoms with Gasteiger partial charge in [-0.15, -0.1) is 0 Å². The van der Waals surface area contributed by atoms with Crippen LogP contribution in [-0.2, 0) is 18.4 Å². The first-order valence-corrected chi connectivity index (χ1v) is 21.3. The molecule has 0 radical (unpaired) electrons. The van der Waals surface area contributed by atoms with E-state index in [1.807, 2.05) is 0 Å². The lowest BCUT2D eigenvalue weighted by atomic mass is 9.61. The predicted molar refractivity (Wildman–Crippen MR) is 167 cm³/mol. The molecule has 2 fully saturated rings. The maximum Gasteiger partial charge on any atom is 0.302 e. The van der Waals surface area contributed by atoms with Crippen LogP contribution in [0.25, 0.3) is 0 Å². The number of fused-ring (bicyclic) bond motifs is 1. The van der Waals surface area contributed by atoms with Crippen LogP contribution in [0.1, 0.15) is 121 Å². The van der Waals surface area contributed by atoms with Gasteiger partial charge in [-0.3, -0.25) is 4.79 Å². The molecule has 4 nitrogen and oxygen atoms in total. The van der Waals surface area contributed by atoms with E-state index in [1.54, 1.807) is 6.92 Å². The molecule has 6 atom stereocenters. The fraction of sp³-hybridized carbons (Fsp3) is 0.969. The van der Waals surface area contributed by atoms with Crippen molar-refractivity contribution in [3.05, 3.63) is 0 Å². The van der Waals surface area contributed by atoms with E-state index in [-0.39, 0.29) is 39.3 Å². The van der Waals surface area contributed by atoms with Crippen molar-refractivity contribution in [2.75, 3.05) is 0 Å². The monoisotopic (exact) mass is 568 g/mol. The molecule has 224 valence electrons. The summed E-state index contributed by atoms with van der Waals surface area (Å²) in [5.74, 6) is 1.66. The Labute approximate surface area is 239 Å². The van der Waals surface area contributed by atoms with Gasteiger partial charge in [0.2, 0.25) is 0 Å². The molecule has 0 spiro atoms. The highest BCUT2D eigenvalue weighted by atomic mass is 28.4. The topological polar surface area (TPSA) is 44.8 Å². The van der Waals surface area contributed by atoms with Gasteiger partial charge in [-0.1, -0.05) is 55.4 Å². The average molecular weight is 569 g/mol. The Bertz CT molecular complexity index is 807. The lowest BCUT2D eigenvalue weighted by Crippen LogP contribution is -2.56. The molecule has 0 bridgehead atoms. The van der Waals surface area contributed by atoms with Crippen LogP contribution in [0.15, 0.2) is 0 Å². The van der Waals surface area contributed by atoms with Crippen LogP contribution in [0, 0.1) is 23.2 Å². The van der Waals surface area contributed by atoms with E-state index in [9.17, 15) is 4.79 Å². The van der Waals surface area contributed by atoms with Gasteiger partial charge in [0, 0.05) is 12.8 Å². The zero-order chi connectivity index (χ0) is 29.5. The largest absolute Gasteiger partial charge is 0.462 e. The molecule has 0 aliphatic heterocycles. The lowest BCUT2D eigenvalue weighted by molar-refractivity contribution is -0.155. The van der Waals surface area contributed by atoms with E-state index in [0.717, 1.165) is 19.3 Å². The molecule has 0 aromatic heterocycles. The number of esters is 1. The van der Waals surface area contributed by atoms with E-state index in [1.165, 1.54) is 25.7 Å². The average Bonchev–Trinajstić information content (AvgIpc) is 3.06. The highest BCUT2D eigenvalue weighted by Gasteiger charge is 2.54. The summed E-state index contributed by atoms with van der Waals surface area (Å²) in [4.78, 5) is 11.8. The molecule has 0 heterocycles. The van der Waals surface area contributed by atoms with Gasteiger partial charge in [-0.2, -0.15) is 0 Å². The Balaban J connectivity index is 2.25. The highest BCUT2D eigenvalue weighted by Crippen LogP contribution is 2.59. The molecule has 0 amide bonds. The Kier molecular flexibility index (Phi) is 10.4. The van der Waals surface area contributed by atoms with Crippen molar-refractivity contribution in [3.63, 3.8) is 0 Å². The smallest absolute Gasteiger partial charge is 0.302 e. The van der Waals surface area contributed by atoms with Crippen molar-refractivity contribution in [1.29, 1.82) is 0 Å². The number of hydrogen-bond acceptors (Lipinski definition) is 4. The summed E-state index contributed by atoms with van der Waals surface area (Å²) in [7, 11) is -3.95. The fourth-order valence-electron chi connectivity index (χ4n) is 7.02. The number of hydrogen-bond donors (Lipinski definition) is 0. The Morgan fingerprint density at radius 1 is 0.895 bits per heavy atom. The molecular formula is C32H64O4Si2. The molecule has 0 aromatic rings. The maximum atomic E-state index is 11.8. The molecule has 2 rings (SSSR count). The van der Waals surface area contributed by atoms with Gasteiger partial charge in [-0.05, 0) is 112 Å². The summed E-state index contributed by atoms with van der Waals surface area (Å²) in [6, 6.07) is 0. The first-order chi connectivity index (χ1) is 16.9. The first-order valence-electron chi connectivity index (χ1n) is 15.5. The van der Waals surface area contributed by atoms with Gasteiger partial charge in [0.1, 0.15) is 6.10 Å². The molecule has 38 heavy (non-hydrogen) atoms. The normalized spacial score (nSPS) is 29.1. The van der Waals surface area contributed by atoms with Crippen molar-refractivity contribution in [2.24, 2.45) is 23.2 Å². The minimum absolute atomic E-state index is 0.0742. The number of carbonyl (C=O) groups is 1. The second-order valence-electron chi connectivity index (χ2n) is 16.7.